The van der Waals surface area contributed by atoms with Gasteiger partial charge in [-0.05, 0) is 48.9 Å². The Bertz CT molecular complexity index is 960. The van der Waals surface area contributed by atoms with Crippen LogP contribution in [0, 0.1) is 5.92 Å². The van der Waals surface area contributed by atoms with Gasteiger partial charge in [-0.2, -0.15) is 0 Å². The van der Waals surface area contributed by atoms with E-state index in [2.05, 4.69) is 34.9 Å². The number of carboxylic acids is 1. The highest BCUT2D eigenvalue weighted by atomic mass is 16.5. The van der Waals surface area contributed by atoms with Gasteiger partial charge in [-0.3, -0.25) is 9.59 Å². The number of amides is 2. The van der Waals surface area contributed by atoms with E-state index in [9.17, 15) is 14.4 Å². The van der Waals surface area contributed by atoms with Crippen molar-refractivity contribution in [1.82, 2.24) is 10.6 Å². The number of alkyl carbamates (subject to hydrolysis) is 1. The summed E-state index contributed by atoms with van der Waals surface area (Å²) in [7, 11) is 0. The zero-order chi connectivity index (χ0) is 24.0. The molecule has 0 aliphatic heterocycles. The van der Waals surface area contributed by atoms with E-state index in [0.717, 1.165) is 22.3 Å². The molecule has 2 amide bonds. The molecule has 7 heteroatoms. The fraction of sp³-hybridized carbons (Fsp3) is 0.423. The molecule has 0 aromatic heterocycles. The molecule has 0 spiro atoms. The van der Waals surface area contributed by atoms with E-state index in [0.29, 0.717) is 19.3 Å². The standard InChI is InChI=1S/C26H32N2O5/c1-16(25(30)31)9-8-10-17(2)27-24(29)18(3)28-26(32)33-15-23-21-13-6-4-11-19(21)20-12-5-7-14-22(20)23/h4-7,11-14,16-18,23H,8-10,15H2,1-3H3,(H,27,29)(H,28,32)(H,30,31)/t16?,17?,18-/m0/s1. The second-order valence-electron chi connectivity index (χ2n) is 8.77. The van der Waals surface area contributed by atoms with E-state index in [1.54, 1.807) is 13.8 Å². The Morgan fingerprint density at radius 3 is 2.06 bits per heavy atom. The zero-order valence-corrected chi connectivity index (χ0v) is 19.3. The van der Waals surface area contributed by atoms with Gasteiger partial charge in [0, 0.05) is 12.0 Å². The van der Waals surface area contributed by atoms with Crippen LogP contribution in [0.5, 0.6) is 0 Å². The third-order valence-electron chi connectivity index (χ3n) is 6.16. The Balaban J connectivity index is 1.46. The van der Waals surface area contributed by atoms with Gasteiger partial charge in [0.15, 0.2) is 0 Å². The van der Waals surface area contributed by atoms with Gasteiger partial charge in [-0.15, -0.1) is 0 Å². The van der Waals surface area contributed by atoms with Crippen molar-refractivity contribution in [3.63, 3.8) is 0 Å². The Kier molecular flexibility index (Phi) is 8.09. The van der Waals surface area contributed by atoms with Crippen LogP contribution in [-0.4, -0.2) is 41.8 Å². The SMILES string of the molecule is CC(CCCC(C)C(=O)O)NC(=O)[C@H](C)NC(=O)OCC1c2ccccc2-c2ccccc21. The smallest absolute Gasteiger partial charge is 0.407 e. The molecule has 2 aromatic carbocycles. The molecule has 7 nitrogen and oxygen atoms in total. The first-order valence-electron chi connectivity index (χ1n) is 11.4. The largest absolute Gasteiger partial charge is 0.481 e. The lowest BCUT2D eigenvalue weighted by Gasteiger charge is -2.19. The van der Waals surface area contributed by atoms with Crippen molar-refractivity contribution in [2.75, 3.05) is 6.61 Å². The summed E-state index contributed by atoms with van der Waals surface area (Å²) in [6, 6.07) is 15.3. The molecule has 3 atom stereocenters. The molecule has 3 rings (SSSR count). The minimum atomic E-state index is -0.812. The molecule has 2 unspecified atom stereocenters. The molecule has 1 aliphatic rings. The highest BCUT2D eigenvalue weighted by molar-refractivity contribution is 5.85. The molecule has 0 saturated heterocycles. The average molecular weight is 453 g/mol. The molecule has 33 heavy (non-hydrogen) atoms. The number of benzene rings is 2. The van der Waals surface area contributed by atoms with E-state index in [1.807, 2.05) is 31.2 Å². The number of aliphatic carboxylic acids is 1. The van der Waals surface area contributed by atoms with Gasteiger partial charge in [0.05, 0.1) is 5.92 Å². The van der Waals surface area contributed by atoms with Crippen molar-refractivity contribution in [2.45, 2.75) is 58.0 Å². The lowest BCUT2D eigenvalue weighted by atomic mass is 9.98. The highest BCUT2D eigenvalue weighted by Gasteiger charge is 2.29. The van der Waals surface area contributed by atoms with Gasteiger partial charge in [0.2, 0.25) is 5.91 Å². The van der Waals surface area contributed by atoms with Gasteiger partial charge in [0.25, 0.3) is 0 Å². The van der Waals surface area contributed by atoms with Crippen LogP contribution in [0.4, 0.5) is 4.79 Å². The Morgan fingerprint density at radius 1 is 0.909 bits per heavy atom. The number of hydrogen-bond acceptors (Lipinski definition) is 4. The van der Waals surface area contributed by atoms with Crippen molar-refractivity contribution in [2.24, 2.45) is 5.92 Å². The molecule has 0 heterocycles. The molecule has 0 saturated carbocycles. The second-order valence-corrected chi connectivity index (χ2v) is 8.77. The van der Waals surface area contributed by atoms with Crippen LogP contribution < -0.4 is 10.6 Å². The predicted octanol–water partition coefficient (Wildman–Crippen LogP) is 4.31. The van der Waals surface area contributed by atoms with Crippen molar-refractivity contribution >= 4 is 18.0 Å². The zero-order valence-electron chi connectivity index (χ0n) is 19.3. The number of rotatable bonds is 10. The van der Waals surface area contributed by atoms with E-state index in [-0.39, 0.29) is 24.5 Å². The lowest BCUT2D eigenvalue weighted by molar-refractivity contribution is -0.141. The summed E-state index contributed by atoms with van der Waals surface area (Å²) in [4.78, 5) is 35.7. The number of carboxylic acid groups (broad SMARTS) is 1. The molecule has 0 bridgehead atoms. The maximum Gasteiger partial charge on any atom is 0.407 e. The maximum absolute atomic E-state index is 12.4. The number of hydrogen-bond donors (Lipinski definition) is 3. The van der Waals surface area contributed by atoms with E-state index < -0.39 is 24.0 Å². The van der Waals surface area contributed by atoms with Crippen molar-refractivity contribution < 1.29 is 24.2 Å². The Labute approximate surface area is 194 Å². The van der Waals surface area contributed by atoms with E-state index in [1.165, 1.54) is 0 Å². The van der Waals surface area contributed by atoms with Crippen LogP contribution in [0.15, 0.2) is 48.5 Å². The molecule has 3 N–H and O–H groups in total. The number of fused-ring (bicyclic) bond motifs is 3. The molecule has 0 radical (unpaired) electrons. The first-order valence-corrected chi connectivity index (χ1v) is 11.4. The van der Waals surface area contributed by atoms with Crippen molar-refractivity contribution in [1.29, 1.82) is 0 Å². The van der Waals surface area contributed by atoms with Gasteiger partial charge < -0.3 is 20.5 Å². The van der Waals surface area contributed by atoms with Gasteiger partial charge in [-0.1, -0.05) is 61.9 Å². The Hall–Kier alpha value is -3.35. The lowest BCUT2D eigenvalue weighted by Crippen LogP contribution is -2.47. The van der Waals surface area contributed by atoms with Crippen molar-refractivity contribution in [3.8, 4) is 11.1 Å². The van der Waals surface area contributed by atoms with Gasteiger partial charge in [0.1, 0.15) is 12.6 Å². The minimum absolute atomic E-state index is 0.0412. The third kappa shape index (κ3) is 6.12. The predicted molar refractivity (Wildman–Crippen MR) is 126 cm³/mol. The fourth-order valence-electron chi connectivity index (χ4n) is 4.18. The fourth-order valence-corrected chi connectivity index (χ4v) is 4.18. The molecule has 0 fully saturated rings. The summed E-state index contributed by atoms with van der Waals surface area (Å²) in [5.41, 5.74) is 4.56. The normalized spacial score (nSPS) is 15.0. The molecular formula is C26H32N2O5. The van der Waals surface area contributed by atoms with Crippen LogP contribution in [0.1, 0.15) is 57.1 Å². The van der Waals surface area contributed by atoms with Crippen LogP contribution in [0.2, 0.25) is 0 Å². The number of carbonyl (C=O) groups excluding carboxylic acids is 2. The quantitative estimate of drug-likeness (QED) is 0.498. The summed E-state index contributed by atoms with van der Waals surface area (Å²) in [6.07, 6.45) is 1.29. The summed E-state index contributed by atoms with van der Waals surface area (Å²) in [5.74, 6) is -1.56. The first-order chi connectivity index (χ1) is 15.8. The molecule has 1 aliphatic carbocycles. The van der Waals surface area contributed by atoms with Gasteiger partial charge in [-0.25, -0.2) is 4.79 Å². The highest BCUT2D eigenvalue weighted by Crippen LogP contribution is 2.44. The van der Waals surface area contributed by atoms with E-state index in [4.69, 9.17) is 9.84 Å². The second kappa shape index (κ2) is 11.0. The van der Waals surface area contributed by atoms with Crippen LogP contribution in [-0.2, 0) is 14.3 Å². The van der Waals surface area contributed by atoms with Crippen LogP contribution >= 0.6 is 0 Å². The first kappa shape index (κ1) is 24.3. The summed E-state index contributed by atoms with van der Waals surface area (Å²) < 4.78 is 5.49. The average Bonchev–Trinajstić information content (AvgIpc) is 3.11. The number of carbonyl (C=O) groups is 3. The maximum atomic E-state index is 12.4. The third-order valence-corrected chi connectivity index (χ3v) is 6.16. The minimum Gasteiger partial charge on any atom is -0.481 e. The topological polar surface area (TPSA) is 105 Å². The summed E-state index contributed by atoms with van der Waals surface area (Å²) in [6.45, 7) is 5.33. The summed E-state index contributed by atoms with van der Waals surface area (Å²) >= 11 is 0. The molecular weight excluding hydrogens is 420 g/mol. The number of nitrogens with one attached hydrogen (secondary N) is 2. The summed E-state index contributed by atoms with van der Waals surface area (Å²) in [5, 5.41) is 14.4. The molecule has 176 valence electrons. The molecule has 2 aromatic rings. The van der Waals surface area contributed by atoms with E-state index >= 15 is 0 Å². The van der Waals surface area contributed by atoms with Crippen molar-refractivity contribution in [3.05, 3.63) is 59.7 Å². The monoisotopic (exact) mass is 452 g/mol. The van der Waals surface area contributed by atoms with Crippen LogP contribution in [0.3, 0.4) is 0 Å². The number of ether oxygens (including phenoxy) is 1. The van der Waals surface area contributed by atoms with Gasteiger partial charge >= 0.3 is 12.1 Å². The Morgan fingerprint density at radius 2 is 1.48 bits per heavy atom. The van der Waals surface area contributed by atoms with Crippen LogP contribution in [0.25, 0.3) is 11.1 Å².